The molecule has 0 spiro atoms. The number of fused-ring (bicyclic) bond motifs is 1. The Bertz CT molecular complexity index is 316. The highest BCUT2D eigenvalue weighted by atomic mass is 14.2. The van der Waals surface area contributed by atoms with E-state index in [0.717, 1.165) is 6.42 Å². The van der Waals surface area contributed by atoms with E-state index in [1.165, 1.54) is 11.1 Å². The molecule has 0 aliphatic heterocycles. The van der Waals surface area contributed by atoms with Gasteiger partial charge in [0.1, 0.15) is 0 Å². The van der Waals surface area contributed by atoms with Crippen molar-refractivity contribution in [3.8, 4) is 11.8 Å². The predicted molar refractivity (Wildman–Crippen MR) is 46.9 cm³/mol. The maximum Gasteiger partial charge on any atom is 0.0493 e. The van der Waals surface area contributed by atoms with Gasteiger partial charge in [-0.2, -0.15) is 0 Å². The van der Waals surface area contributed by atoms with Crippen LogP contribution in [0.1, 0.15) is 13.3 Å². The molecule has 1 atom stereocenters. The first-order valence-corrected chi connectivity index (χ1v) is 3.93. The summed E-state index contributed by atoms with van der Waals surface area (Å²) >= 11 is 0. The highest BCUT2D eigenvalue weighted by Gasteiger charge is 2.15. The fourth-order valence-electron chi connectivity index (χ4n) is 1.51. The van der Waals surface area contributed by atoms with Crippen LogP contribution in [-0.2, 0) is 0 Å². The Morgan fingerprint density at radius 3 is 3.27 bits per heavy atom. The van der Waals surface area contributed by atoms with Crippen LogP contribution in [0, 0.1) is 17.8 Å². The summed E-state index contributed by atoms with van der Waals surface area (Å²) in [4.78, 5) is 0. The van der Waals surface area contributed by atoms with E-state index in [9.17, 15) is 0 Å². The van der Waals surface area contributed by atoms with E-state index in [1.807, 2.05) is 6.08 Å². The van der Waals surface area contributed by atoms with Crippen LogP contribution in [0.15, 0.2) is 35.5 Å². The fourth-order valence-corrected chi connectivity index (χ4v) is 1.51. The van der Waals surface area contributed by atoms with Crippen LogP contribution in [0.2, 0.25) is 0 Å². The standard InChI is InChI=1S/C11H10/c1-9-5-4-7-10-6-2-3-8-11(9)10/h2-3,5,8,10H,6H2,1H3. The van der Waals surface area contributed by atoms with Crippen molar-refractivity contribution in [2.45, 2.75) is 13.3 Å². The van der Waals surface area contributed by atoms with Gasteiger partial charge in [-0.05, 0) is 30.6 Å². The summed E-state index contributed by atoms with van der Waals surface area (Å²) in [5.41, 5.74) is 2.74. The lowest BCUT2D eigenvalue weighted by Crippen LogP contribution is -2.06. The van der Waals surface area contributed by atoms with Crippen molar-refractivity contribution in [2.24, 2.45) is 5.92 Å². The molecule has 2 aliphatic rings. The lowest BCUT2D eigenvalue weighted by atomic mass is 9.85. The molecule has 0 radical (unpaired) electrons. The lowest BCUT2D eigenvalue weighted by molar-refractivity contribution is 0.795. The zero-order valence-electron chi connectivity index (χ0n) is 6.59. The molecule has 54 valence electrons. The van der Waals surface area contributed by atoms with Crippen molar-refractivity contribution >= 4 is 0 Å². The molecule has 0 aromatic heterocycles. The highest BCUT2D eigenvalue weighted by Crippen LogP contribution is 2.27. The first-order valence-electron chi connectivity index (χ1n) is 3.93. The molecule has 0 heteroatoms. The van der Waals surface area contributed by atoms with Gasteiger partial charge in [0.05, 0.1) is 0 Å². The van der Waals surface area contributed by atoms with Gasteiger partial charge < -0.3 is 0 Å². The maximum atomic E-state index is 3.21. The third kappa shape index (κ3) is 1.03. The lowest BCUT2D eigenvalue weighted by Gasteiger charge is -2.18. The van der Waals surface area contributed by atoms with Crippen molar-refractivity contribution in [1.29, 1.82) is 0 Å². The Hall–Kier alpha value is -1.22. The Labute approximate surface area is 67.3 Å². The van der Waals surface area contributed by atoms with Crippen LogP contribution in [0.4, 0.5) is 0 Å². The smallest absolute Gasteiger partial charge is 0.0493 e. The van der Waals surface area contributed by atoms with Crippen molar-refractivity contribution < 1.29 is 0 Å². The molecular formula is C11H10. The Morgan fingerprint density at radius 2 is 2.45 bits per heavy atom. The van der Waals surface area contributed by atoms with Gasteiger partial charge in [-0.25, -0.2) is 0 Å². The van der Waals surface area contributed by atoms with Gasteiger partial charge in [0.15, 0.2) is 0 Å². The molecule has 0 heterocycles. The van der Waals surface area contributed by atoms with E-state index in [4.69, 9.17) is 0 Å². The molecule has 11 heavy (non-hydrogen) atoms. The van der Waals surface area contributed by atoms with Gasteiger partial charge >= 0.3 is 0 Å². The number of rotatable bonds is 0. The summed E-state index contributed by atoms with van der Waals surface area (Å²) in [6.45, 7) is 2.13. The summed E-state index contributed by atoms with van der Waals surface area (Å²) in [6, 6.07) is 0. The maximum absolute atomic E-state index is 3.21. The van der Waals surface area contributed by atoms with Crippen LogP contribution >= 0.6 is 0 Å². The summed E-state index contributed by atoms with van der Waals surface area (Å²) in [7, 11) is 0. The van der Waals surface area contributed by atoms with E-state index >= 15 is 0 Å². The summed E-state index contributed by atoms with van der Waals surface area (Å²) in [5.74, 6) is 6.73. The molecule has 0 N–H and O–H groups in total. The van der Waals surface area contributed by atoms with Crippen molar-refractivity contribution in [3.63, 3.8) is 0 Å². The Kier molecular flexibility index (Phi) is 1.43. The SMILES string of the molecule is CC1=CC#CC2CC=CC=C12. The third-order valence-electron chi connectivity index (χ3n) is 2.16. The topological polar surface area (TPSA) is 0 Å². The molecule has 0 amide bonds. The zero-order chi connectivity index (χ0) is 7.68. The molecular weight excluding hydrogens is 132 g/mol. The summed E-state index contributed by atoms with van der Waals surface area (Å²) < 4.78 is 0. The monoisotopic (exact) mass is 142 g/mol. The summed E-state index contributed by atoms with van der Waals surface area (Å²) in [6.07, 6.45) is 9.57. The zero-order valence-corrected chi connectivity index (χ0v) is 6.59. The number of hydrogen-bond donors (Lipinski definition) is 0. The highest BCUT2D eigenvalue weighted by molar-refractivity contribution is 5.48. The van der Waals surface area contributed by atoms with E-state index in [0.29, 0.717) is 5.92 Å². The quantitative estimate of drug-likeness (QED) is 0.456. The van der Waals surface area contributed by atoms with Gasteiger partial charge in [0, 0.05) is 5.92 Å². The third-order valence-corrected chi connectivity index (χ3v) is 2.16. The average Bonchev–Trinajstić information content (AvgIpc) is 2.06. The van der Waals surface area contributed by atoms with Gasteiger partial charge in [-0.3, -0.25) is 0 Å². The Balaban J connectivity index is 2.44. The number of hydrogen-bond acceptors (Lipinski definition) is 0. The van der Waals surface area contributed by atoms with Crippen LogP contribution in [0.3, 0.4) is 0 Å². The minimum atomic E-state index is 0.477. The largest absolute Gasteiger partial charge is 0.0900 e. The molecule has 0 nitrogen and oxygen atoms in total. The van der Waals surface area contributed by atoms with Gasteiger partial charge in [0.25, 0.3) is 0 Å². The first-order chi connectivity index (χ1) is 5.38. The first kappa shape index (κ1) is 6.49. The molecule has 0 bridgehead atoms. The molecule has 2 rings (SSSR count). The average molecular weight is 142 g/mol. The van der Waals surface area contributed by atoms with Crippen molar-refractivity contribution in [2.75, 3.05) is 0 Å². The molecule has 2 aliphatic carbocycles. The normalized spacial score (nSPS) is 26.1. The predicted octanol–water partition coefficient (Wildman–Crippen LogP) is 2.45. The molecule has 0 fully saturated rings. The van der Waals surface area contributed by atoms with E-state index in [2.05, 4.69) is 37.0 Å². The molecule has 0 saturated carbocycles. The second-order valence-corrected chi connectivity index (χ2v) is 2.95. The van der Waals surface area contributed by atoms with Crippen LogP contribution in [0.5, 0.6) is 0 Å². The molecule has 1 unspecified atom stereocenters. The van der Waals surface area contributed by atoms with Crippen molar-refractivity contribution in [3.05, 3.63) is 35.5 Å². The van der Waals surface area contributed by atoms with Gasteiger partial charge in [-0.1, -0.05) is 30.1 Å². The van der Waals surface area contributed by atoms with Crippen LogP contribution in [-0.4, -0.2) is 0 Å². The van der Waals surface area contributed by atoms with E-state index in [1.54, 1.807) is 0 Å². The van der Waals surface area contributed by atoms with E-state index in [-0.39, 0.29) is 0 Å². The van der Waals surface area contributed by atoms with Crippen molar-refractivity contribution in [1.82, 2.24) is 0 Å². The Morgan fingerprint density at radius 1 is 1.55 bits per heavy atom. The minimum Gasteiger partial charge on any atom is -0.0900 e. The number of allylic oxidation sites excluding steroid dienone is 6. The molecule has 0 aromatic carbocycles. The molecule has 0 saturated heterocycles. The second kappa shape index (κ2) is 2.43. The van der Waals surface area contributed by atoms with Crippen LogP contribution in [0.25, 0.3) is 0 Å². The van der Waals surface area contributed by atoms with E-state index < -0.39 is 0 Å². The summed E-state index contributed by atoms with van der Waals surface area (Å²) in [5, 5.41) is 0. The fraction of sp³-hybridized carbons (Fsp3) is 0.273. The van der Waals surface area contributed by atoms with Gasteiger partial charge in [0.2, 0.25) is 0 Å². The van der Waals surface area contributed by atoms with Crippen LogP contribution < -0.4 is 0 Å². The molecule has 0 aromatic rings. The minimum absolute atomic E-state index is 0.477. The second-order valence-electron chi connectivity index (χ2n) is 2.95. The van der Waals surface area contributed by atoms with Gasteiger partial charge in [-0.15, -0.1) is 0 Å².